The summed E-state index contributed by atoms with van der Waals surface area (Å²) in [5.74, 6) is -0.460. The van der Waals surface area contributed by atoms with Crippen LogP contribution in [0.25, 0.3) is 0 Å². The van der Waals surface area contributed by atoms with Crippen molar-refractivity contribution in [3.63, 3.8) is 0 Å². The normalized spacial score (nSPS) is 19.1. The van der Waals surface area contributed by atoms with Gasteiger partial charge in [-0.1, -0.05) is 18.2 Å². The predicted octanol–water partition coefficient (Wildman–Crippen LogP) is 3.09. The van der Waals surface area contributed by atoms with Crippen molar-refractivity contribution in [2.24, 2.45) is 11.0 Å². The van der Waals surface area contributed by atoms with Gasteiger partial charge in [-0.25, -0.2) is 0 Å². The Bertz CT molecular complexity index is 1180. The average Bonchev–Trinajstić information content (AvgIpc) is 3.32. The zero-order valence-electron chi connectivity index (χ0n) is 21.7. The molecular weight excluding hydrogens is 486 g/mol. The smallest absolute Gasteiger partial charge is 0.251 e. The molecule has 8 nitrogen and oxygen atoms in total. The number of fused-ring (bicyclic) bond motifs is 1. The molecule has 1 saturated heterocycles. The lowest BCUT2D eigenvalue weighted by atomic mass is 9.89. The molecule has 0 radical (unpaired) electrons. The Morgan fingerprint density at radius 2 is 1.97 bits per heavy atom. The fraction of sp³-hybridized carbons (Fsp3) is 0.429. The summed E-state index contributed by atoms with van der Waals surface area (Å²) in [4.78, 5) is 37.1. The molecule has 196 valence electrons. The Kier molecular flexibility index (Phi) is 8.87. The number of benzene rings is 2. The number of nitrogens with zero attached hydrogens (tertiary/aromatic N) is 2. The number of carbonyl (C=O) groups is 3. The van der Waals surface area contributed by atoms with Crippen molar-refractivity contribution in [1.82, 2.24) is 15.6 Å². The van der Waals surface area contributed by atoms with Crippen molar-refractivity contribution in [3.05, 3.63) is 63.7 Å². The number of nitrogens with one attached hydrogen (secondary N) is 3. The molecule has 0 bridgehead atoms. The number of anilines is 1. The van der Waals surface area contributed by atoms with E-state index in [4.69, 9.17) is 0 Å². The van der Waals surface area contributed by atoms with E-state index in [0.717, 1.165) is 50.4 Å². The van der Waals surface area contributed by atoms with Gasteiger partial charge in [0.15, 0.2) is 5.62 Å². The molecule has 0 saturated carbocycles. The molecule has 2 aromatic rings. The molecule has 37 heavy (non-hydrogen) atoms. The maximum atomic E-state index is 13.0. The van der Waals surface area contributed by atoms with E-state index >= 15 is 0 Å². The first-order valence-corrected chi connectivity index (χ1v) is 13.6. The summed E-state index contributed by atoms with van der Waals surface area (Å²) < 4.78 is 0. The first-order valence-electron chi connectivity index (χ1n) is 12.7. The zero-order chi connectivity index (χ0) is 26.4. The van der Waals surface area contributed by atoms with E-state index in [9.17, 15) is 14.4 Å². The van der Waals surface area contributed by atoms with Gasteiger partial charge in [0.2, 0.25) is 6.41 Å². The van der Waals surface area contributed by atoms with Gasteiger partial charge in [0, 0.05) is 43.9 Å². The van der Waals surface area contributed by atoms with Crippen LogP contribution in [0.5, 0.6) is 0 Å². The molecule has 2 aliphatic heterocycles. The second-order valence-corrected chi connectivity index (χ2v) is 10.5. The molecule has 2 atom stereocenters. The van der Waals surface area contributed by atoms with Crippen LogP contribution in [0.15, 0.2) is 35.4 Å². The SMILES string of the molecule is CN/N=C(\SC=O)C1CN(C=O)CC1NC(=O)c1ccc(CCc2cc(C)c(C)c3c2CCCN3)cc1. The van der Waals surface area contributed by atoms with Crippen LogP contribution in [0, 0.1) is 19.8 Å². The van der Waals surface area contributed by atoms with Gasteiger partial charge in [-0.3, -0.25) is 14.4 Å². The second kappa shape index (κ2) is 12.3. The van der Waals surface area contributed by atoms with Crippen molar-refractivity contribution in [2.45, 2.75) is 45.6 Å². The van der Waals surface area contributed by atoms with Crippen molar-refractivity contribution >= 4 is 40.4 Å². The molecule has 9 heteroatoms. The van der Waals surface area contributed by atoms with Crippen LogP contribution in [0.4, 0.5) is 5.69 Å². The van der Waals surface area contributed by atoms with Gasteiger partial charge in [-0.2, -0.15) is 5.10 Å². The highest BCUT2D eigenvalue weighted by Gasteiger charge is 2.37. The highest BCUT2D eigenvalue weighted by Crippen LogP contribution is 2.32. The second-order valence-electron chi connectivity index (χ2n) is 9.69. The lowest BCUT2D eigenvalue weighted by Gasteiger charge is -2.25. The Hall–Kier alpha value is -3.33. The first kappa shape index (κ1) is 26.7. The number of thioether (sulfide) groups is 1. The zero-order valence-corrected chi connectivity index (χ0v) is 22.5. The maximum Gasteiger partial charge on any atom is 0.251 e. The van der Waals surface area contributed by atoms with Crippen molar-refractivity contribution in [2.75, 3.05) is 32.0 Å². The van der Waals surface area contributed by atoms with E-state index in [1.165, 1.54) is 33.5 Å². The summed E-state index contributed by atoms with van der Waals surface area (Å²) in [7, 11) is 1.65. The maximum absolute atomic E-state index is 13.0. The third-order valence-corrected chi connectivity index (χ3v) is 8.10. The van der Waals surface area contributed by atoms with Crippen LogP contribution in [-0.2, 0) is 28.9 Å². The lowest BCUT2D eigenvalue weighted by Crippen LogP contribution is -2.42. The highest BCUT2D eigenvalue weighted by atomic mass is 32.2. The van der Waals surface area contributed by atoms with Gasteiger partial charge in [0.1, 0.15) is 5.04 Å². The monoisotopic (exact) mass is 521 g/mol. The number of amides is 2. The fourth-order valence-electron chi connectivity index (χ4n) is 5.29. The molecule has 2 amide bonds. The largest absolute Gasteiger partial charge is 0.385 e. The minimum atomic E-state index is -0.332. The molecular formula is C28H35N5O3S. The summed E-state index contributed by atoms with van der Waals surface area (Å²) in [5.41, 5.74) is 12.0. The Morgan fingerprint density at radius 3 is 2.68 bits per heavy atom. The quantitative estimate of drug-likeness (QED) is 0.203. The van der Waals surface area contributed by atoms with Crippen LogP contribution >= 0.6 is 11.8 Å². The molecule has 0 spiro atoms. The fourth-order valence-corrected chi connectivity index (χ4v) is 5.95. The summed E-state index contributed by atoms with van der Waals surface area (Å²) in [5, 5.41) is 11.4. The van der Waals surface area contributed by atoms with Gasteiger partial charge in [-0.15, -0.1) is 0 Å². The van der Waals surface area contributed by atoms with Crippen LogP contribution in [-0.4, -0.2) is 60.6 Å². The summed E-state index contributed by atoms with van der Waals surface area (Å²) in [6.07, 6.45) is 4.91. The molecule has 2 aliphatic rings. The average molecular weight is 522 g/mol. The Labute approximate surface area is 222 Å². The van der Waals surface area contributed by atoms with Crippen molar-refractivity contribution in [3.8, 4) is 0 Å². The summed E-state index contributed by atoms with van der Waals surface area (Å²) in [6.45, 7) is 6.17. The van der Waals surface area contributed by atoms with Gasteiger partial charge < -0.3 is 21.0 Å². The number of likely N-dealkylation sites (tertiary alicyclic amines) is 1. The number of carbonyl (C=O) groups excluding carboxylic acids is 3. The molecule has 1 fully saturated rings. The minimum absolute atomic E-state index is 0.205. The third kappa shape index (κ3) is 6.15. The summed E-state index contributed by atoms with van der Waals surface area (Å²) >= 11 is 0.962. The minimum Gasteiger partial charge on any atom is -0.385 e. The molecule has 0 aromatic heterocycles. The van der Waals surface area contributed by atoms with Crippen LogP contribution in [0.3, 0.4) is 0 Å². The molecule has 0 aliphatic carbocycles. The standard InChI is InChI=1S/C28H35N5O3S/c1-18-13-22(23-5-4-12-30-26(23)19(18)2)11-8-20-6-9-21(10-7-20)27(36)31-25-15-33(16-34)14-24(25)28(32-29-3)37-17-35/h6-7,9-10,13,16-17,24-25,29-30H,4-5,8,11-12,14-15H2,1-3H3,(H,31,36)/b32-28-. The van der Waals surface area contributed by atoms with Crippen LogP contribution in [0.1, 0.15) is 44.6 Å². The third-order valence-electron chi connectivity index (χ3n) is 7.37. The van der Waals surface area contributed by atoms with Crippen molar-refractivity contribution < 1.29 is 14.4 Å². The van der Waals surface area contributed by atoms with Gasteiger partial charge >= 0.3 is 0 Å². The van der Waals surface area contributed by atoms with E-state index in [1.807, 2.05) is 24.3 Å². The van der Waals surface area contributed by atoms with Gasteiger partial charge in [-0.05, 0) is 91.2 Å². The topological polar surface area (TPSA) is 103 Å². The lowest BCUT2D eigenvalue weighted by molar-refractivity contribution is -0.117. The van der Waals surface area contributed by atoms with E-state index in [-0.39, 0.29) is 17.9 Å². The first-order chi connectivity index (χ1) is 17.9. The van der Waals surface area contributed by atoms with E-state index < -0.39 is 0 Å². The van der Waals surface area contributed by atoms with Gasteiger partial charge in [0.05, 0.1) is 6.04 Å². The number of hydrogen-bond donors (Lipinski definition) is 3. The number of aryl methyl sites for hydroxylation is 3. The highest BCUT2D eigenvalue weighted by molar-refractivity contribution is 8.24. The molecule has 2 aromatic carbocycles. The molecule has 3 N–H and O–H groups in total. The van der Waals surface area contributed by atoms with Gasteiger partial charge in [0.25, 0.3) is 5.91 Å². The number of hydrazone groups is 1. The molecule has 4 rings (SSSR count). The predicted molar refractivity (Wildman–Crippen MR) is 150 cm³/mol. The Morgan fingerprint density at radius 1 is 1.19 bits per heavy atom. The van der Waals surface area contributed by atoms with E-state index in [0.29, 0.717) is 29.3 Å². The van der Waals surface area contributed by atoms with Crippen molar-refractivity contribution in [1.29, 1.82) is 0 Å². The van der Waals surface area contributed by atoms with Crippen LogP contribution in [0.2, 0.25) is 0 Å². The summed E-state index contributed by atoms with van der Waals surface area (Å²) in [6, 6.07) is 9.74. The Balaban J connectivity index is 1.41. The molecule has 2 heterocycles. The van der Waals surface area contributed by atoms with E-state index in [2.05, 4.69) is 41.1 Å². The number of hydrogen-bond acceptors (Lipinski definition) is 7. The van der Waals surface area contributed by atoms with Crippen LogP contribution < -0.4 is 16.1 Å². The number of rotatable bonds is 9. The molecule has 2 unspecified atom stereocenters. The van der Waals surface area contributed by atoms with E-state index in [1.54, 1.807) is 11.9 Å².